The molecular formula is C14H15NO. The zero-order chi connectivity index (χ0) is 11.7. The highest BCUT2D eigenvalue weighted by Gasteiger charge is 2.04. The van der Waals surface area contributed by atoms with Crippen molar-refractivity contribution in [3.63, 3.8) is 0 Å². The Morgan fingerprint density at radius 1 is 1.00 bits per heavy atom. The molecule has 0 unspecified atom stereocenters. The lowest BCUT2D eigenvalue weighted by molar-refractivity contribution is 0.961. The van der Waals surface area contributed by atoms with Crippen LogP contribution in [0.5, 0.6) is 0 Å². The highest BCUT2D eigenvalue weighted by Crippen LogP contribution is 2.15. The van der Waals surface area contributed by atoms with Gasteiger partial charge < -0.3 is 0 Å². The smallest absolute Gasteiger partial charge is 0.255 e. The van der Waals surface area contributed by atoms with Crippen LogP contribution in [0.3, 0.4) is 0 Å². The molecule has 0 aliphatic heterocycles. The first-order chi connectivity index (χ1) is 7.59. The summed E-state index contributed by atoms with van der Waals surface area (Å²) in [4.78, 5) is 11.8. The number of aryl methyl sites for hydroxylation is 2. The van der Waals surface area contributed by atoms with Gasteiger partial charge in [-0.25, -0.2) is 0 Å². The van der Waals surface area contributed by atoms with Crippen LogP contribution in [0.25, 0.3) is 5.69 Å². The number of rotatable bonds is 1. The van der Waals surface area contributed by atoms with Crippen LogP contribution in [-0.4, -0.2) is 4.57 Å². The van der Waals surface area contributed by atoms with Crippen molar-refractivity contribution in [2.24, 2.45) is 0 Å². The lowest BCUT2D eigenvalue weighted by Crippen LogP contribution is -2.17. The first-order valence-corrected chi connectivity index (χ1v) is 5.35. The molecule has 0 aliphatic carbocycles. The standard InChI is InChI=1S/C14H15NO/c1-10-7-8-14(16)15(9-10)13-6-4-5-11(2)12(13)3/h4-9H,1-3H3. The Hall–Kier alpha value is -1.83. The third-order valence-electron chi connectivity index (χ3n) is 2.89. The molecule has 1 aromatic carbocycles. The van der Waals surface area contributed by atoms with Gasteiger partial charge in [0, 0.05) is 12.3 Å². The van der Waals surface area contributed by atoms with E-state index >= 15 is 0 Å². The number of hydrogen-bond donors (Lipinski definition) is 0. The summed E-state index contributed by atoms with van der Waals surface area (Å²) in [5.74, 6) is 0. The molecule has 2 nitrogen and oxygen atoms in total. The van der Waals surface area contributed by atoms with Crippen LogP contribution < -0.4 is 5.56 Å². The summed E-state index contributed by atoms with van der Waals surface area (Å²) < 4.78 is 1.71. The van der Waals surface area contributed by atoms with Gasteiger partial charge >= 0.3 is 0 Å². The fourth-order valence-electron chi connectivity index (χ4n) is 1.78. The van der Waals surface area contributed by atoms with Crippen LogP contribution >= 0.6 is 0 Å². The quantitative estimate of drug-likeness (QED) is 0.714. The highest BCUT2D eigenvalue weighted by atomic mass is 16.1. The maximum absolute atomic E-state index is 11.8. The van der Waals surface area contributed by atoms with E-state index in [2.05, 4.69) is 13.0 Å². The average molecular weight is 213 g/mol. The van der Waals surface area contributed by atoms with Gasteiger partial charge in [0.15, 0.2) is 0 Å². The maximum Gasteiger partial charge on any atom is 0.255 e. The van der Waals surface area contributed by atoms with E-state index in [-0.39, 0.29) is 5.56 Å². The Balaban J connectivity index is 2.72. The van der Waals surface area contributed by atoms with E-state index < -0.39 is 0 Å². The van der Waals surface area contributed by atoms with E-state index in [1.54, 1.807) is 10.6 Å². The van der Waals surface area contributed by atoms with Crippen molar-refractivity contribution in [3.05, 3.63) is 63.6 Å². The Kier molecular flexibility index (Phi) is 2.65. The van der Waals surface area contributed by atoms with Crippen molar-refractivity contribution in [2.75, 3.05) is 0 Å². The molecule has 0 amide bonds. The highest BCUT2D eigenvalue weighted by molar-refractivity contribution is 5.45. The molecule has 2 aromatic rings. The monoisotopic (exact) mass is 213 g/mol. The van der Waals surface area contributed by atoms with Gasteiger partial charge in [0.2, 0.25) is 0 Å². The molecule has 0 saturated heterocycles. The Bertz CT molecular complexity index is 582. The second-order valence-electron chi connectivity index (χ2n) is 4.13. The number of nitrogens with zero attached hydrogens (tertiary/aromatic N) is 1. The van der Waals surface area contributed by atoms with E-state index in [0.29, 0.717) is 0 Å². The molecule has 0 spiro atoms. The van der Waals surface area contributed by atoms with Gasteiger partial charge in [-0.1, -0.05) is 18.2 Å². The van der Waals surface area contributed by atoms with Crippen molar-refractivity contribution in [1.82, 2.24) is 4.57 Å². The molecule has 0 atom stereocenters. The number of aromatic nitrogens is 1. The molecule has 0 N–H and O–H groups in total. The van der Waals surface area contributed by atoms with Crippen molar-refractivity contribution in [2.45, 2.75) is 20.8 Å². The van der Waals surface area contributed by atoms with E-state index in [1.807, 2.05) is 38.2 Å². The summed E-state index contributed by atoms with van der Waals surface area (Å²) in [5, 5.41) is 0. The van der Waals surface area contributed by atoms with Gasteiger partial charge in [-0.3, -0.25) is 9.36 Å². The molecule has 82 valence electrons. The third kappa shape index (κ3) is 1.78. The molecular weight excluding hydrogens is 198 g/mol. The molecule has 0 bridgehead atoms. The first kappa shape index (κ1) is 10.7. The Morgan fingerprint density at radius 3 is 2.50 bits per heavy atom. The number of hydrogen-bond acceptors (Lipinski definition) is 1. The second kappa shape index (κ2) is 3.97. The SMILES string of the molecule is Cc1ccc(=O)n(-c2cccc(C)c2C)c1. The topological polar surface area (TPSA) is 22.0 Å². The molecule has 1 heterocycles. The van der Waals surface area contributed by atoms with Crippen LogP contribution in [0.2, 0.25) is 0 Å². The Labute approximate surface area is 95.2 Å². The first-order valence-electron chi connectivity index (χ1n) is 5.35. The van der Waals surface area contributed by atoms with Gasteiger partial charge in [0.25, 0.3) is 5.56 Å². The van der Waals surface area contributed by atoms with E-state index in [1.165, 1.54) is 5.56 Å². The lowest BCUT2D eigenvalue weighted by atomic mass is 10.1. The van der Waals surface area contributed by atoms with Crippen molar-refractivity contribution >= 4 is 0 Å². The predicted molar refractivity (Wildman–Crippen MR) is 66.3 cm³/mol. The van der Waals surface area contributed by atoms with E-state index in [4.69, 9.17) is 0 Å². The number of pyridine rings is 1. The third-order valence-corrected chi connectivity index (χ3v) is 2.89. The van der Waals surface area contributed by atoms with Gasteiger partial charge in [-0.15, -0.1) is 0 Å². The van der Waals surface area contributed by atoms with Crippen molar-refractivity contribution < 1.29 is 0 Å². The van der Waals surface area contributed by atoms with Gasteiger partial charge in [-0.05, 0) is 43.5 Å². The average Bonchev–Trinajstić information content (AvgIpc) is 2.26. The minimum Gasteiger partial charge on any atom is -0.284 e. The van der Waals surface area contributed by atoms with Crippen molar-refractivity contribution in [3.8, 4) is 5.69 Å². The number of benzene rings is 1. The normalized spacial score (nSPS) is 10.4. The van der Waals surface area contributed by atoms with E-state index in [9.17, 15) is 4.79 Å². The summed E-state index contributed by atoms with van der Waals surface area (Å²) in [5.41, 5.74) is 4.41. The molecule has 0 radical (unpaired) electrons. The maximum atomic E-state index is 11.8. The fraction of sp³-hybridized carbons (Fsp3) is 0.214. The minimum absolute atomic E-state index is 0.0132. The zero-order valence-corrected chi connectivity index (χ0v) is 9.82. The molecule has 2 heteroatoms. The van der Waals surface area contributed by atoms with Crippen LogP contribution in [-0.2, 0) is 0 Å². The second-order valence-corrected chi connectivity index (χ2v) is 4.13. The summed E-state index contributed by atoms with van der Waals surface area (Å²) in [6.45, 7) is 6.08. The summed E-state index contributed by atoms with van der Waals surface area (Å²) in [6.07, 6.45) is 1.88. The fourth-order valence-corrected chi connectivity index (χ4v) is 1.78. The van der Waals surface area contributed by atoms with Crippen LogP contribution in [0.1, 0.15) is 16.7 Å². The van der Waals surface area contributed by atoms with Gasteiger partial charge in [0.05, 0.1) is 5.69 Å². The van der Waals surface area contributed by atoms with Crippen molar-refractivity contribution in [1.29, 1.82) is 0 Å². The van der Waals surface area contributed by atoms with Crippen LogP contribution in [0.15, 0.2) is 41.3 Å². The molecule has 0 fully saturated rings. The largest absolute Gasteiger partial charge is 0.284 e. The summed E-state index contributed by atoms with van der Waals surface area (Å²) in [7, 11) is 0. The van der Waals surface area contributed by atoms with Crippen LogP contribution in [0, 0.1) is 20.8 Å². The van der Waals surface area contributed by atoms with Crippen LogP contribution in [0.4, 0.5) is 0 Å². The predicted octanol–water partition coefficient (Wildman–Crippen LogP) is 2.76. The summed E-state index contributed by atoms with van der Waals surface area (Å²) >= 11 is 0. The molecule has 0 aliphatic rings. The van der Waals surface area contributed by atoms with Gasteiger partial charge in [-0.2, -0.15) is 0 Å². The Morgan fingerprint density at radius 2 is 1.75 bits per heavy atom. The summed E-state index contributed by atoms with van der Waals surface area (Å²) in [6, 6.07) is 9.45. The molecule has 2 rings (SSSR count). The minimum atomic E-state index is 0.0132. The lowest BCUT2D eigenvalue weighted by Gasteiger charge is -2.11. The molecule has 0 saturated carbocycles. The zero-order valence-electron chi connectivity index (χ0n) is 9.82. The van der Waals surface area contributed by atoms with Gasteiger partial charge in [0.1, 0.15) is 0 Å². The molecule has 16 heavy (non-hydrogen) atoms. The molecule has 1 aromatic heterocycles. The van der Waals surface area contributed by atoms with E-state index in [0.717, 1.165) is 16.8 Å².